The van der Waals surface area contributed by atoms with Crippen LogP contribution >= 0.6 is 12.6 Å². The van der Waals surface area contributed by atoms with Crippen molar-refractivity contribution in [3.63, 3.8) is 0 Å². The normalized spacial score (nSPS) is 12.3. The minimum absolute atomic E-state index is 0.00537. The number of carboxylic acids is 1. The van der Waals surface area contributed by atoms with E-state index in [1.807, 2.05) is 0 Å². The fraction of sp³-hybridized carbons (Fsp3) is 0.600. The van der Waals surface area contributed by atoms with Gasteiger partial charge < -0.3 is 5.11 Å². The van der Waals surface area contributed by atoms with E-state index in [1.54, 1.807) is 0 Å². The molecule has 0 heterocycles. The van der Waals surface area contributed by atoms with Gasteiger partial charge in [-0.1, -0.05) is 0 Å². The Kier molecular flexibility index (Phi) is 3.91. The molecular formula is C5H10N2O3S. The van der Waals surface area contributed by atoms with Crippen LogP contribution in [-0.2, 0) is 9.59 Å². The molecule has 64 valence electrons. The first-order chi connectivity index (χ1) is 5.00. The van der Waals surface area contributed by atoms with Gasteiger partial charge in [-0.3, -0.25) is 9.80 Å². The first-order valence-corrected chi connectivity index (χ1v) is 3.52. The van der Waals surface area contributed by atoms with Crippen molar-refractivity contribution in [3.05, 3.63) is 0 Å². The van der Waals surface area contributed by atoms with Gasteiger partial charge in [0.05, 0.1) is 0 Å². The predicted octanol–water partition coefficient (Wildman–Crippen LogP) is -0.908. The standard InChI is InChI=1S/C5H10N2O3S/c1-3(8)7(6)4(2-11)5(9)10/h4,11H,2,6H2,1H3,(H,9,10)/t4-/m0/s1. The number of amides is 1. The third kappa shape index (κ3) is 2.77. The SMILES string of the molecule is CC(=O)N(N)[C@@H](CS)C(=O)O. The van der Waals surface area contributed by atoms with E-state index in [0.29, 0.717) is 5.01 Å². The molecule has 1 atom stereocenters. The summed E-state index contributed by atoms with van der Waals surface area (Å²) >= 11 is 3.73. The van der Waals surface area contributed by atoms with Gasteiger partial charge in [-0.2, -0.15) is 12.6 Å². The van der Waals surface area contributed by atoms with E-state index in [4.69, 9.17) is 10.9 Å². The lowest BCUT2D eigenvalue weighted by Gasteiger charge is -2.20. The molecule has 11 heavy (non-hydrogen) atoms. The average molecular weight is 178 g/mol. The van der Waals surface area contributed by atoms with E-state index in [2.05, 4.69) is 12.6 Å². The smallest absolute Gasteiger partial charge is 0.328 e. The number of hydrazine groups is 1. The van der Waals surface area contributed by atoms with Crippen molar-refractivity contribution in [2.45, 2.75) is 13.0 Å². The van der Waals surface area contributed by atoms with Crippen LogP contribution in [0.3, 0.4) is 0 Å². The van der Waals surface area contributed by atoms with E-state index in [-0.39, 0.29) is 5.75 Å². The summed E-state index contributed by atoms with van der Waals surface area (Å²) < 4.78 is 0. The second kappa shape index (κ2) is 4.20. The van der Waals surface area contributed by atoms with Gasteiger partial charge in [0.1, 0.15) is 0 Å². The Balaban J connectivity index is 4.25. The lowest BCUT2D eigenvalue weighted by Crippen LogP contribution is -2.49. The molecule has 5 nitrogen and oxygen atoms in total. The van der Waals surface area contributed by atoms with Gasteiger partial charge in [-0.25, -0.2) is 10.6 Å². The van der Waals surface area contributed by atoms with Crippen LogP contribution in [0.5, 0.6) is 0 Å². The zero-order valence-electron chi connectivity index (χ0n) is 6.02. The Morgan fingerprint density at radius 2 is 2.18 bits per heavy atom. The number of aliphatic carboxylic acids is 1. The summed E-state index contributed by atoms with van der Waals surface area (Å²) in [7, 11) is 0. The van der Waals surface area contributed by atoms with Crippen LogP contribution < -0.4 is 5.84 Å². The molecule has 0 aliphatic heterocycles. The van der Waals surface area contributed by atoms with Gasteiger partial charge in [0, 0.05) is 12.7 Å². The molecule has 0 rings (SSSR count). The van der Waals surface area contributed by atoms with Crippen LogP contribution in [0.15, 0.2) is 0 Å². The van der Waals surface area contributed by atoms with E-state index in [9.17, 15) is 9.59 Å². The zero-order chi connectivity index (χ0) is 9.02. The van der Waals surface area contributed by atoms with Gasteiger partial charge >= 0.3 is 5.97 Å². The second-order valence-corrected chi connectivity index (χ2v) is 2.33. The molecule has 0 fully saturated rings. The van der Waals surface area contributed by atoms with Crippen molar-refractivity contribution >= 4 is 24.5 Å². The number of carboxylic acid groups (broad SMARTS) is 1. The molecule has 0 saturated heterocycles. The highest BCUT2D eigenvalue weighted by molar-refractivity contribution is 7.80. The third-order valence-corrected chi connectivity index (χ3v) is 1.50. The van der Waals surface area contributed by atoms with Crippen molar-refractivity contribution < 1.29 is 14.7 Å². The Hall–Kier alpha value is -0.750. The van der Waals surface area contributed by atoms with Crippen LogP contribution in [0.4, 0.5) is 0 Å². The van der Waals surface area contributed by atoms with E-state index in [1.165, 1.54) is 6.92 Å². The van der Waals surface area contributed by atoms with Crippen LogP contribution in [0.1, 0.15) is 6.92 Å². The molecule has 0 aromatic carbocycles. The summed E-state index contributed by atoms with van der Waals surface area (Å²) in [4.78, 5) is 20.9. The Morgan fingerprint density at radius 1 is 1.73 bits per heavy atom. The third-order valence-electron chi connectivity index (χ3n) is 1.16. The van der Waals surface area contributed by atoms with Crippen molar-refractivity contribution in [2.24, 2.45) is 5.84 Å². The van der Waals surface area contributed by atoms with Crippen LogP contribution in [0.25, 0.3) is 0 Å². The number of carbonyl (C=O) groups is 2. The predicted molar refractivity (Wildman–Crippen MR) is 42.0 cm³/mol. The van der Waals surface area contributed by atoms with Crippen LogP contribution in [0, 0.1) is 0 Å². The van der Waals surface area contributed by atoms with E-state index < -0.39 is 17.9 Å². The highest BCUT2D eigenvalue weighted by Crippen LogP contribution is 1.96. The number of hydrogen-bond acceptors (Lipinski definition) is 4. The largest absolute Gasteiger partial charge is 0.480 e. The van der Waals surface area contributed by atoms with Crippen LogP contribution in [-0.4, -0.2) is 33.8 Å². The highest BCUT2D eigenvalue weighted by Gasteiger charge is 2.23. The minimum Gasteiger partial charge on any atom is -0.480 e. The Morgan fingerprint density at radius 3 is 2.27 bits per heavy atom. The summed E-state index contributed by atoms with van der Waals surface area (Å²) in [5.41, 5.74) is 0. The molecule has 0 aliphatic rings. The molecule has 6 heteroatoms. The zero-order valence-corrected chi connectivity index (χ0v) is 6.91. The van der Waals surface area contributed by atoms with Gasteiger partial charge in [-0.15, -0.1) is 0 Å². The molecule has 0 spiro atoms. The first kappa shape index (κ1) is 10.2. The quantitative estimate of drug-likeness (QED) is 0.226. The van der Waals surface area contributed by atoms with Crippen molar-refractivity contribution in [1.29, 1.82) is 0 Å². The number of carbonyl (C=O) groups excluding carboxylic acids is 1. The monoisotopic (exact) mass is 178 g/mol. The first-order valence-electron chi connectivity index (χ1n) is 2.89. The number of hydrogen-bond donors (Lipinski definition) is 3. The number of thiol groups is 1. The number of nitrogens with zero attached hydrogens (tertiary/aromatic N) is 1. The van der Waals surface area contributed by atoms with Gasteiger partial charge in [0.15, 0.2) is 6.04 Å². The van der Waals surface area contributed by atoms with Crippen molar-refractivity contribution in [2.75, 3.05) is 5.75 Å². The summed E-state index contributed by atoms with van der Waals surface area (Å²) in [6.45, 7) is 1.19. The fourth-order valence-electron chi connectivity index (χ4n) is 0.504. The van der Waals surface area contributed by atoms with Crippen molar-refractivity contribution in [1.82, 2.24) is 5.01 Å². The maximum absolute atomic E-state index is 10.6. The molecule has 1 amide bonds. The summed E-state index contributed by atoms with van der Waals surface area (Å²) in [6, 6.07) is -1.05. The topological polar surface area (TPSA) is 83.6 Å². The van der Waals surface area contributed by atoms with Gasteiger partial charge in [0.2, 0.25) is 5.91 Å². The maximum atomic E-state index is 10.6. The molecule has 3 N–H and O–H groups in total. The molecule has 0 unspecified atom stereocenters. The van der Waals surface area contributed by atoms with E-state index in [0.717, 1.165) is 0 Å². The minimum atomic E-state index is -1.15. The van der Waals surface area contributed by atoms with Gasteiger partial charge in [0.25, 0.3) is 0 Å². The Bertz CT molecular complexity index is 173. The molecule has 0 aromatic heterocycles. The van der Waals surface area contributed by atoms with E-state index >= 15 is 0 Å². The summed E-state index contributed by atoms with van der Waals surface area (Å²) in [6.07, 6.45) is 0. The lowest BCUT2D eigenvalue weighted by atomic mass is 10.3. The second-order valence-electron chi connectivity index (χ2n) is 1.96. The van der Waals surface area contributed by atoms with Gasteiger partial charge in [-0.05, 0) is 0 Å². The molecule has 0 saturated carbocycles. The fourth-order valence-corrected chi connectivity index (χ4v) is 0.837. The molecule has 0 aliphatic carbocycles. The average Bonchev–Trinajstić information content (AvgIpc) is 1.88. The molecule has 0 aromatic rings. The van der Waals surface area contributed by atoms with Crippen molar-refractivity contribution in [3.8, 4) is 0 Å². The number of rotatable bonds is 3. The summed E-state index contributed by atoms with van der Waals surface area (Å²) in [5.74, 6) is 3.48. The highest BCUT2D eigenvalue weighted by atomic mass is 32.1. The summed E-state index contributed by atoms with van der Waals surface area (Å²) in [5, 5.41) is 9.12. The molecule has 0 bridgehead atoms. The molecular weight excluding hydrogens is 168 g/mol. The maximum Gasteiger partial charge on any atom is 0.328 e. The lowest BCUT2D eigenvalue weighted by molar-refractivity contribution is -0.148. The van der Waals surface area contributed by atoms with Crippen LogP contribution in [0.2, 0.25) is 0 Å². The Labute approximate surface area is 69.5 Å². The number of nitrogens with two attached hydrogens (primary N) is 1. The molecule has 0 radical (unpaired) electrons.